The number of hydrogen-bond acceptors (Lipinski definition) is 3. The van der Waals surface area contributed by atoms with E-state index >= 15 is 0 Å². The molecular weight excluding hydrogens is 206 g/mol. The maximum Gasteiger partial charge on any atom is 0.325 e. The maximum absolute atomic E-state index is 10.6. The highest BCUT2D eigenvalue weighted by molar-refractivity contribution is 5.66. The number of aromatic nitrogens is 2. The number of aliphatic carboxylic acids is 1. The summed E-state index contributed by atoms with van der Waals surface area (Å²) in [6.07, 6.45) is 5.08. The predicted molar refractivity (Wildman–Crippen MR) is 55.8 cm³/mol. The minimum Gasteiger partial charge on any atom is -0.480 e. The molecule has 1 aliphatic rings. The van der Waals surface area contributed by atoms with E-state index in [0.717, 1.165) is 30.5 Å². The van der Waals surface area contributed by atoms with Crippen LogP contribution in [0.1, 0.15) is 36.4 Å². The fourth-order valence-corrected chi connectivity index (χ4v) is 2.30. The molecule has 0 spiro atoms. The molecule has 0 saturated heterocycles. The first-order chi connectivity index (χ1) is 7.72. The molecule has 0 aliphatic heterocycles. The van der Waals surface area contributed by atoms with Crippen LogP contribution < -0.4 is 0 Å². The number of fused-ring (bicyclic) bond motifs is 1. The highest BCUT2D eigenvalue weighted by Gasteiger charge is 2.24. The topological polar surface area (TPSA) is 78.9 Å². The van der Waals surface area contributed by atoms with Crippen molar-refractivity contribution in [2.24, 2.45) is 0 Å². The molecule has 1 aromatic heterocycles. The average molecular weight is 219 g/mol. The second kappa shape index (κ2) is 4.35. The molecule has 1 unspecified atom stereocenters. The largest absolute Gasteiger partial charge is 0.480 e. The number of rotatable bonds is 3. The Morgan fingerprint density at radius 3 is 3.25 bits per heavy atom. The number of hydrogen-bond donors (Lipinski definition) is 1. The van der Waals surface area contributed by atoms with E-state index in [1.807, 2.05) is 0 Å². The average Bonchev–Trinajstić information content (AvgIpc) is 2.63. The highest BCUT2D eigenvalue weighted by Crippen LogP contribution is 2.33. The summed E-state index contributed by atoms with van der Waals surface area (Å²) >= 11 is 0. The van der Waals surface area contributed by atoms with E-state index in [4.69, 9.17) is 10.4 Å². The van der Waals surface area contributed by atoms with E-state index in [2.05, 4.69) is 11.2 Å². The summed E-state index contributed by atoms with van der Waals surface area (Å²) in [5.74, 6) is -0.649. The van der Waals surface area contributed by atoms with Crippen molar-refractivity contribution < 1.29 is 9.90 Å². The van der Waals surface area contributed by atoms with Gasteiger partial charge in [0.25, 0.3) is 0 Å². The van der Waals surface area contributed by atoms with Crippen molar-refractivity contribution in [2.75, 3.05) is 0 Å². The van der Waals surface area contributed by atoms with Crippen LogP contribution in [0, 0.1) is 11.3 Å². The number of carboxylic acid groups (broad SMARTS) is 1. The van der Waals surface area contributed by atoms with Crippen molar-refractivity contribution in [1.82, 2.24) is 9.78 Å². The molecule has 2 rings (SSSR count). The van der Waals surface area contributed by atoms with Crippen molar-refractivity contribution in [1.29, 1.82) is 5.26 Å². The summed E-state index contributed by atoms with van der Waals surface area (Å²) in [4.78, 5) is 10.6. The zero-order valence-corrected chi connectivity index (χ0v) is 8.89. The van der Waals surface area contributed by atoms with Crippen molar-refractivity contribution in [3.8, 4) is 6.07 Å². The highest BCUT2D eigenvalue weighted by atomic mass is 16.4. The molecule has 0 fully saturated rings. The molecule has 0 aromatic carbocycles. The van der Waals surface area contributed by atoms with Gasteiger partial charge in [-0.1, -0.05) is 0 Å². The minimum absolute atomic E-state index is 0.0887. The first-order valence-corrected chi connectivity index (χ1v) is 5.35. The Morgan fingerprint density at radius 1 is 1.75 bits per heavy atom. The van der Waals surface area contributed by atoms with Crippen molar-refractivity contribution in [3.63, 3.8) is 0 Å². The molecule has 16 heavy (non-hydrogen) atoms. The molecule has 0 bridgehead atoms. The SMILES string of the molecule is N#CCC1CCCc2c1cnn2CC(=O)O. The molecule has 84 valence electrons. The Bertz CT molecular complexity index is 445. The van der Waals surface area contributed by atoms with Gasteiger partial charge in [-0.3, -0.25) is 9.48 Å². The van der Waals surface area contributed by atoms with E-state index in [1.165, 1.54) is 0 Å². The fraction of sp³-hybridized carbons (Fsp3) is 0.545. The Hall–Kier alpha value is -1.83. The summed E-state index contributed by atoms with van der Waals surface area (Å²) in [7, 11) is 0. The summed E-state index contributed by atoms with van der Waals surface area (Å²) < 4.78 is 1.54. The third kappa shape index (κ3) is 1.91. The molecule has 1 N–H and O–H groups in total. The Balaban J connectivity index is 2.27. The van der Waals surface area contributed by atoms with E-state index in [-0.39, 0.29) is 12.5 Å². The van der Waals surface area contributed by atoms with Crippen LogP contribution >= 0.6 is 0 Å². The molecule has 1 heterocycles. The van der Waals surface area contributed by atoms with Gasteiger partial charge in [0.2, 0.25) is 0 Å². The van der Waals surface area contributed by atoms with Crippen LogP contribution in [0.2, 0.25) is 0 Å². The molecule has 0 radical (unpaired) electrons. The number of carboxylic acids is 1. The molecule has 0 amide bonds. The Morgan fingerprint density at radius 2 is 2.56 bits per heavy atom. The molecule has 1 aromatic rings. The Kier molecular flexibility index (Phi) is 2.91. The normalized spacial score (nSPS) is 18.8. The van der Waals surface area contributed by atoms with E-state index in [9.17, 15) is 4.79 Å². The van der Waals surface area contributed by atoms with Gasteiger partial charge in [0, 0.05) is 18.0 Å². The first-order valence-electron chi connectivity index (χ1n) is 5.35. The van der Waals surface area contributed by atoms with Crippen LogP contribution in [0.3, 0.4) is 0 Å². The molecule has 5 nitrogen and oxygen atoms in total. The number of carbonyl (C=O) groups is 1. The quantitative estimate of drug-likeness (QED) is 0.831. The number of nitriles is 1. The summed E-state index contributed by atoms with van der Waals surface area (Å²) in [6.45, 7) is -0.0887. The predicted octanol–water partition coefficient (Wildman–Crippen LogP) is 1.30. The van der Waals surface area contributed by atoms with E-state index in [1.54, 1.807) is 10.9 Å². The monoisotopic (exact) mass is 219 g/mol. The lowest BCUT2D eigenvalue weighted by atomic mass is 9.85. The molecule has 1 aliphatic carbocycles. The lowest BCUT2D eigenvalue weighted by Gasteiger charge is -2.20. The van der Waals surface area contributed by atoms with Gasteiger partial charge in [-0.25, -0.2) is 0 Å². The van der Waals surface area contributed by atoms with Crippen LogP contribution in [-0.4, -0.2) is 20.9 Å². The van der Waals surface area contributed by atoms with Crippen molar-refractivity contribution >= 4 is 5.97 Å². The van der Waals surface area contributed by atoms with Crippen molar-refractivity contribution in [2.45, 2.75) is 38.1 Å². The van der Waals surface area contributed by atoms with E-state index in [0.29, 0.717) is 6.42 Å². The van der Waals surface area contributed by atoms with Crippen LogP contribution in [0.4, 0.5) is 0 Å². The smallest absolute Gasteiger partial charge is 0.325 e. The number of nitrogens with zero attached hydrogens (tertiary/aromatic N) is 3. The first kappa shape index (κ1) is 10.7. The van der Waals surface area contributed by atoms with Gasteiger partial charge in [-0.2, -0.15) is 10.4 Å². The Labute approximate surface area is 93.3 Å². The fourth-order valence-electron chi connectivity index (χ4n) is 2.30. The minimum atomic E-state index is -0.881. The van der Waals surface area contributed by atoms with Gasteiger partial charge in [-0.15, -0.1) is 0 Å². The zero-order chi connectivity index (χ0) is 11.5. The molecule has 1 atom stereocenters. The van der Waals surface area contributed by atoms with Crippen LogP contribution in [-0.2, 0) is 17.8 Å². The summed E-state index contributed by atoms with van der Waals surface area (Å²) in [6, 6.07) is 2.17. The van der Waals surface area contributed by atoms with Gasteiger partial charge < -0.3 is 5.11 Å². The molecule has 5 heteroatoms. The van der Waals surface area contributed by atoms with Crippen molar-refractivity contribution in [3.05, 3.63) is 17.5 Å². The van der Waals surface area contributed by atoms with Crippen LogP contribution in [0.5, 0.6) is 0 Å². The standard InChI is InChI=1S/C11H13N3O2/c12-5-4-8-2-1-3-10-9(8)6-13-14(10)7-11(15)16/h6,8H,1-4,7H2,(H,15,16). The van der Waals surface area contributed by atoms with Crippen LogP contribution in [0.25, 0.3) is 0 Å². The van der Waals surface area contributed by atoms with Gasteiger partial charge in [0.15, 0.2) is 0 Å². The second-order valence-corrected chi connectivity index (χ2v) is 4.05. The zero-order valence-electron chi connectivity index (χ0n) is 8.89. The summed E-state index contributed by atoms with van der Waals surface area (Å²) in [5.41, 5.74) is 2.06. The van der Waals surface area contributed by atoms with Gasteiger partial charge >= 0.3 is 5.97 Å². The summed E-state index contributed by atoms with van der Waals surface area (Å²) in [5, 5.41) is 21.6. The lowest BCUT2D eigenvalue weighted by Crippen LogP contribution is -2.16. The van der Waals surface area contributed by atoms with Gasteiger partial charge in [0.05, 0.1) is 12.3 Å². The maximum atomic E-state index is 10.6. The third-order valence-corrected chi connectivity index (χ3v) is 3.01. The lowest BCUT2D eigenvalue weighted by molar-refractivity contribution is -0.137. The molecular formula is C11H13N3O2. The third-order valence-electron chi connectivity index (χ3n) is 3.01. The second-order valence-electron chi connectivity index (χ2n) is 4.05. The van der Waals surface area contributed by atoms with Gasteiger partial charge in [-0.05, 0) is 24.8 Å². The van der Waals surface area contributed by atoms with Crippen LogP contribution in [0.15, 0.2) is 6.20 Å². The van der Waals surface area contributed by atoms with Gasteiger partial charge in [0.1, 0.15) is 6.54 Å². The van der Waals surface area contributed by atoms with E-state index < -0.39 is 5.97 Å². The molecule has 0 saturated carbocycles.